The average molecular weight is 256 g/mol. The number of phenols is 2. The van der Waals surface area contributed by atoms with Crippen molar-refractivity contribution < 1.29 is 19.7 Å². The molecule has 0 saturated carbocycles. The zero-order valence-electron chi connectivity index (χ0n) is 9.98. The molecule has 0 aliphatic rings. The molecule has 0 amide bonds. The quantitative estimate of drug-likeness (QED) is 0.503. The van der Waals surface area contributed by atoms with Crippen LogP contribution in [0.15, 0.2) is 54.6 Å². The lowest BCUT2D eigenvalue weighted by molar-refractivity contribution is -0.128. The van der Waals surface area contributed by atoms with Crippen LogP contribution in [0, 0.1) is 0 Å². The van der Waals surface area contributed by atoms with E-state index < -0.39 is 5.97 Å². The van der Waals surface area contributed by atoms with E-state index in [1.54, 1.807) is 6.08 Å². The summed E-state index contributed by atoms with van der Waals surface area (Å²) in [5.41, 5.74) is 0.873. The number of benzene rings is 2. The third kappa shape index (κ3) is 3.89. The van der Waals surface area contributed by atoms with E-state index in [-0.39, 0.29) is 17.2 Å². The fraction of sp³-hybridized carbons (Fsp3) is 0. The maximum Gasteiger partial charge on any atom is 0.336 e. The molecule has 0 radical (unpaired) electrons. The van der Waals surface area contributed by atoms with Crippen molar-refractivity contribution in [3.05, 3.63) is 60.2 Å². The Balaban J connectivity index is 2.03. The second-order valence-corrected chi connectivity index (χ2v) is 3.85. The number of esters is 1. The Morgan fingerprint density at radius 2 is 1.63 bits per heavy atom. The average Bonchev–Trinajstić information content (AvgIpc) is 2.36. The van der Waals surface area contributed by atoms with Gasteiger partial charge in [-0.05, 0) is 11.6 Å². The molecule has 4 nitrogen and oxygen atoms in total. The van der Waals surface area contributed by atoms with Crippen molar-refractivity contribution >= 4 is 12.0 Å². The summed E-state index contributed by atoms with van der Waals surface area (Å²) in [5, 5.41) is 18.5. The summed E-state index contributed by atoms with van der Waals surface area (Å²) >= 11 is 0. The van der Waals surface area contributed by atoms with Crippen molar-refractivity contribution in [3.8, 4) is 17.2 Å². The zero-order chi connectivity index (χ0) is 13.7. The van der Waals surface area contributed by atoms with Crippen molar-refractivity contribution in [1.82, 2.24) is 0 Å². The van der Waals surface area contributed by atoms with E-state index in [9.17, 15) is 15.0 Å². The van der Waals surface area contributed by atoms with Crippen LogP contribution in [0.4, 0.5) is 0 Å². The highest BCUT2D eigenvalue weighted by Gasteiger charge is 2.04. The minimum atomic E-state index is -0.589. The molecule has 2 aromatic rings. The van der Waals surface area contributed by atoms with Gasteiger partial charge in [0.05, 0.1) is 0 Å². The lowest BCUT2D eigenvalue weighted by Crippen LogP contribution is -2.03. The van der Waals surface area contributed by atoms with Crippen molar-refractivity contribution in [2.45, 2.75) is 0 Å². The van der Waals surface area contributed by atoms with Gasteiger partial charge in [-0.25, -0.2) is 4.79 Å². The standard InChI is InChI=1S/C15H12O4/c16-12-8-13(17)10-14(9-12)19-15(18)7-6-11-4-2-1-3-5-11/h1-10,16-17H. The minimum Gasteiger partial charge on any atom is -0.508 e. The van der Waals surface area contributed by atoms with Gasteiger partial charge < -0.3 is 14.9 Å². The van der Waals surface area contributed by atoms with Gasteiger partial charge in [0, 0.05) is 24.3 Å². The molecule has 0 bridgehead atoms. The van der Waals surface area contributed by atoms with E-state index in [1.807, 2.05) is 30.3 Å². The molecule has 4 heteroatoms. The molecule has 0 unspecified atom stereocenters. The Labute approximate surface area is 110 Å². The van der Waals surface area contributed by atoms with Crippen LogP contribution in [-0.4, -0.2) is 16.2 Å². The highest BCUT2D eigenvalue weighted by molar-refractivity contribution is 5.88. The molecule has 2 aromatic carbocycles. The maximum absolute atomic E-state index is 11.5. The van der Waals surface area contributed by atoms with Gasteiger partial charge in [0.15, 0.2) is 0 Å². The van der Waals surface area contributed by atoms with E-state index >= 15 is 0 Å². The number of aromatic hydroxyl groups is 2. The third-order valence-corrected chi connectivity index (χ3v) is 2.31. The SMILES string of the molecule is O=C(C=Cc1ccccc1)Oc1cc(O)cc(O)c1. The second kappa shape index (κ2) is 5.73. The smallest absolute Gasteiger partial charge is 0.336 e. The number of hydrogen-bond donors (Lipinski definition) is 2. The van der Waals surface area contributed by atoms with Crippen LogP contribution >= 0.6 is 0 Å². The molecular weight excluding hydrogens is 244 g/mol. The van der Waals surface area contributed by atoms with Gasteiger partial charge >= 0.3 is 5.97 Å². The number of ether oxygens (including phenoxy) is 1. The molecule has 2 rings (SSSR count). The number of rotatable bonds is 3. The van der Waals surface area contributed by atoms with Crippen LogP contribution in [0.2, 0.25) is 0 Å². The van der Waals surface area contributed by atoms with E-state index in [0.29, 0.717) is 0 Å². The molecule has 0 heterocycles. The molecule has 96 valence electrons. The van der Waals surface area contributed by atoms with E-state index in [1.165, 1.54) is 18.2 Å². The summed E-state index contributed by atoms with van der Waals surface area (Å²) < 4.78 is 4.95. The molecular formula is C15H12O4. The van der Waals surface area contributed by atoms with Gasteiger partial charge in [-0.1, -0.05) is 30.3 Å². The first kappa shape index (κ1) is 12.7. The van der Waals surface area contributed by atoms with Gasteiger partial charge in [-0.3, -0.25) is 0 Å². The van der Waals surface area contributed by atoms with Gasteiger partial charge in [0.1, 0.15) is 17.2 Å². The van der Waals surface area contributed by atoms with Crippen LogP contribution in [0.1, 0.15) is 5.56 Å². The van der Waals surface area contributed by atoms with Crippen molar-refractivity contribution in [2.75, 3.05) is 0 Å². The first-order chi connectivity index (χ1) is 9.13. The predicted octanol–water partition coefficient (Wildman–Crippen LogP) is 2.72. The molecule has 19 heavy (non-hydrogen) atoms. The summed E-state index contributed by atoms with van der Waals surface area (Å²) in [6, 6.07) is 12.9. The van der Waals surface area contributed by atoms with Gasteiger partial charge in [0.25, 0.3) is 0 Å². The Morgan fingerprint density at radius 3 is 2.26 bits per heavy atom. The number of phenolic OH excluding ortho intramolecular Hbond substituents is 2. The van der Waals surface area contributed by atoms with Crippen LogP contribution in [-0.2, 0) is 4.79 Å². The molecule has 0 aliphatic carbocycles. The van der Waals surface area contributed by atoms with Crippen LogP contribution in [0.3, 0.4) is 0 Å². The lowest BCUT2D eigenvalue weighted by Gasteiger charge is -2.02. The van der Waals surface area contributed by atoms with E-state index in [2.05, 4.69) is 0 Å². The minimum absolute atomic E-state index is 0.0835. The molecule has 0 fully saturated rings. The summed E-state index contributed by atoms with van der Waals surface area (Å²) in [6.45, 7) is 0. The number of carbonyl (C=O) groups excluding carboxylic acids is 1. The molecule has 0 saturated heterocycles. The molecule has 0 spiro atoms. The Hall–Kier alpha value is -2.75. The summed E-state index contributed by atoms with van der Waals surface area (Å²) in [4.78, 5) is 11.5. The van der Waals surface area contributed by atoms with Gasteiger partial charge in [0.2, 0.25) is 0 Å². The Bertz CT molecular complexity index is 583. The second-order valence-electron chi connectivity index (χ2n) is 3.85. The van der Waals surface area contributed by atoms with Crippen LogP contribution in [0.5, 0.6) is 17.2 Å². The Kier molecular flexibility index (Phi) is 3.83. The third-order valence-electron chi connectivity index (χ3n) is 2.31. The first-order valence-corrected chi connectivity index (χ1v) is 5.61. The highest BCUT2D eigenvalue weighted by atomic mass is 16.5. The topological polar surface area (TPSA) is 66.8 Å². The molecule has 2 N–H and O–H groups in total. The highest BCUT2D eigenvalue weighted by Crippen LogP contribution is 2.25. The van der Waals surface area contributed by atoms with Crippen molar-refractivity contribution in [1.29, 1.82) is 0 Å². The summed E-state index contributed by atoms with van der Waals surface area (Å²) in [5.74, 6) is -0.848. The predicted molar refractivity (Wildman–Crippen MR) is 70.9 cm³/mol. The fourth-order valence-electron chi connectivity index (χ4n) is 1.51. The number of carbonyl (C=O) groups is 1. The lowest BCUT2D eigenvalue weighted by atomic mass is 10.2. The largest absolute Gasteiger partial charge is 0.508 e. The summed E-state index contributed by atoms with van der Waals surface area (Å²) in [6.07, 6.45) is 2.89. The monoisotopic (exact) mass is 256 g/mol. The zero-order valence-corrected chi connectivity index (χ0v) is 9.98. The van der Waals surface area contributed by atoms with Crippen molar-refractivity contribution in [2.24, 2.45) is 0 Å². The van der Waals surface area contributed by atoms with Gasteiger partial charge in [-0.2, -0.15) is 0 Å². The van der Waals surface area contributed by atoms with Crippen LogP contribution in [0.25, 0.3) is 6.08 Å². The van der Waals surface area contributed by atoms with Gasteiger partial charge in [-0.15, -0.1) is 0 Å². The maximum atomic E-state index is 11.5. The molecule has 0 atom stereocenters. The normalized spacial score (nSPS) is 10.5. The molecule has 0 aliphatic heterocycles. The Morgan fingerprint density at radius 1 is 1.00 bits per heavy atom. The van der Waals surface area contributed by atoms with E-state index in [4.69, 9.17) is 4.74 Å². The van der Waals surface area contributed by atoms with E-state index in [0.717, 1.165) is 11.6 Å². The van der Waals surface area contributed by atoms with Crippen molar-refractivity contribution in [3.63, 3.8) is 0 Å². The number of hydrogen-bond acceptors (Lipinski definition) is 4. The fourth-order valence-corrected chi connectivity index (χ4v) is 1.51. The summed E-state index contributed by atoms with van der Waals surface area (Å²) in [7, 11) is 0. The first-order valence-electron chi connectivity index (χ1n) is 5.61. The molecule has 0 aromatic heterocycles. The van der Waals surface area contributed by atoms with Crippen LogP contribution < -0.4 is 4.74 Å².